The molecule has 1 aliphatic heterocycles. The fourth-order valence-electron chi connectivity index (χ4n) is 5.19. The highest BCUT2D eigenvalue weighted by molar-refractivity contribution is 6.05. The van der Waals surface area contributed by atoms with Crippen LogP contribution in [0.2, 0.25) is 0 Å². The summed E-state index contributed by atoms with van der Waals surface area (Å²) in [5, 5.41) is 13.0. The van der Waals surface area contributed by atoms with Crippen molar-refractivity contribution in [2.75, 3.05) is 0 Å². The first-order valence-electron chi connectivity index (χ1n) is 8.57. The van der Waals surface area contributed by atoms with Gasteiger partial charge in [-0.2, -0.15) is 0 Å². The van der Waals surface area contributed by atoms with Gasteiger partial charge in [0.05, 0.1) is 6.04 Å². The molecular formula is C17H26N2O3. The van der Waals surface area contributed by atoms with Gasteiger partial charge in [0, 0.05) is 0 Å². The molecule has 122 valence electrons. The van der Waals surface area contributed by atoms with Crippen LogP contribution < -0.4 is 5.32 Å². The van der Waals surface area contributed by atoms with E-state index < -0.39 is 11.2 Å². The SMILES string of the molecule is CC(C)(O)C1(C)OC(=NC2C3CC4CC(C3)CC2C4)NC1=O. The number of aliphatic imine (C=N–C) groups is 1. The number of aliphatic hydroxyl groups is 1. The summed E-state index contributed by atoms with van der Waals surface area (Å²) in [5.41, 5.74) is -2.52. The molecule has 2 N–H and O–H groups in total. The lowest BCUT2D eigenvalue weighted by atomic mass is 9.54. The molecule has 1 atom stereocenters. The summed E-state index contributed by atoms with van der Waals surface area (Å²) in [7, 11) is 0. The van der Waals surface area contributed by atoms with Crippen LogP contribution in [0.15, 0.2) is 4.99 Å². The standard InChI is InChI=1S/C17H26N2O3/c1-16(2,21)17(3)14(20)19-15(22-17)18-13-11-5-9-4-10(7-11)8-12(13)6-9/h9-13,21H,4-8H2,1-3H3,(H,18,19,20). The van der Waals surface area contributed by atoms with Crippen molar-refractivity contribution >= 4 is 11.9 Å². The number of ether oxygens (including phenoxy) is 1. The van der Waals surface area contributed by atoms with Gasteiger partial charge in [0.2, 0.25) is 5.60 Å². The molecule has 5 fully saturated rings. The molecule has 5 rings (SSSR count). The van der Waals surface area contributed by atoms with Crippen LogP contribution >= 0.6 is 0 Å². The Hall–Kier alpha value is -1.10. The minimum absolute atomic E-state index is 0.284. The number of hydrogen-bond acceptors (Lipinski definition) is 4. The quantitative estimate of drug-likeness (QED) is 0.818. The predicted molar refractivity (Wildman–Crippen MR) is 82.2 cm³/mol. The maximum Gasteiger partial charge on any atom is 0.293 e. The van der Waals surface area contributed by atoms with E-state index in [9.17, 15) is 9.90 Å². The molecule has 5 nitrogen and oxygen atoms in total. The molecule has 1 unspecified atom stereocenters. The van der Waals surface area contributed by atoms with Crippen molar-refractivity contribution in [1.82, 2.24) is 5.32 Å². The van der Waals surface area contributed by atoms with Crippen molar-refractivity contribution in [1.29, 1.82) is 0 Å². The van der Waals surface area contributed by atoms with Crippen LogP contribution in [0.4, 0.5) is 0 Å². The summed E-state index contributed by atoms with van der Waals surface area (Å²) in [6.07, 6.45) is 6.55. The number of hydrogen-bond donors (Lipinski definition) is 2. The minimum Gasteiger partial charge on any atom is -0.445 e. The van der Waals surface area contributed by atoms with Gasteiger partial charge in [-0.15, -0.1) is 0 Å². The molecule has 22 heavy (non-hydrogen) atoms. The summed E-state index contributed by atoms with van der Waals surface area (Å²) < 4.78 is 5.77. The molecule has 5 heteroatoms. The highest BCUT2D eigenvalue weighted by Crippen LogP contribution is 2.54. The molecule has 1 saturated heterocycles. The van der Waals surface area contributed by atoms with Crippen molar-refractivity contribution in [2.24, 2.45) is 28.7 Å². The molecule has 1 amide bonds. The molecule has 4 saturated carbocycles. The smallest absolute Gasteiger partial charge is 0.293 e. The zero-order chi connectivity index (χ0) is 15.7. The lowest BCUT2D eigenvalue weighted by Crippen LogP contribution is -2.53. The van der Waals surface area contributed by atoms with E-state index in [1.807, 2.05) is 0 Å². The van der Waals surface area contributed by atoms with E-state index in [1.54, 1.807) is 20.8 Å². The molecule has 0 radical (unpaired) electrons. The number of amides is 1. The van der Waals surface area contributed by atoms with E-state index in [1.165, 1.54) is 32.1 Å². The number of rotatable bonds is 2. The van der Waals surface area contributed by atoms with Crippen molar-refractivity contribution in [3.63, 3.8) is 0 Å². The molecular weight excluding hydrogens is 280 g/mol. The number of carbonyl (C=O) groups is 1. The van der Waals surface area contributed by atoms with Gasteiger partial charge >= 0.3 is 0 Å². The van der Waals surface area contributed by atoms with Crippen molar-refractivity contribution in [3.05, 3.63) is 0 Å². The van der Waals surface area contributed by atoms with Crippen LogP contribution in [0.1, 0.15) is 52.9 Å². The molecule has 0 aromatic carbocycles. The third kappa shape index (κ3) is 2.01. The minimum atomic E-state index is -1.27. The Labute approximate surface area is 131 Å². The molecule has 0 aromatic heterocycles. The van der Waals surface area contributed by atoms with Crippen molar-refractivity contribution in [3.8, 4) is 0 Å². The Kier molecular flexibility index (Phi) is 2.94. The second-order valence-corrected chi connectivity index (χ2v) is 8.50. The molecule has 1 heterocycles. The molecule has 5 aliphatic rings. The van der Waals surface area contributed by atoms with E-state index in [4.69, 9.17) is 9.73 Å². The van der Waals surface area contributed by atoms with Crippen LogP contribution in [-0.4, -0.2) is 34.3 Å². The first-order chi connectivity index (χ1) is 10.3. The number of nitrogens with one attached hydrogen (secondary N) is 1. The zero-order valence-corrected chi connectivity index (χ0v) is 13.6. The summed E-state index contributed by atoms with van der Waals surface area (Å²) in [6.45, 7) is 4.82. The van der Waals surface area contributed by atoms with Gasteiger partial charge in [0.15, 0.2) is 0 Å². The highest BCUT2D eigenvalue weighted by Gasteiger charge is 2.55. The van der Waals surface area contributed by atoms with E-state index >= 15 is 0 Å². The average molecular weight is 306 g/mol. The lowest BCUT2D eigenvalue weighted by Gasteiger charge is -2.52. The van der Waals surface area contributed by atoms with Crippen LogP contribution in [0, 0.1) is 23.7 Å². The topological polar surface area (TPSA) is 70.9 Å². The van der Waals surface area contributed by atoms with E-state index in [-0.39, 0.29) is 11.9 Å². The Morgan fingerprint density at radius 2 is 1.73 bits per heavy atom. The first kappa shape index (κ1) is 14.5. The van der Waals surface area contributed by atoms with Gasteiger partial charge in [-0.1, -0.05) is 0 Å². The Balaban J connectivity index is 1.56. The van der Waals surface area contributed by atoms with Crippen LogP contribution in [0.5, 0.6) is 0 Å². The van der Waals surface area contributed by atoms with Gasteiger partial charge in [-0.05, 0) is 76.5 Å². The van der Waals surface area contributed by atoms with Crippen LogP contribution in [0.25, 0.3) is 0 Å². The van der Waals surface area contributed by atoms with Gasteiger partial charge in [0.1, 0.15) is 5.60 Å². The van der Waals surface area contributed by atoms with E-state index in [0.29, 0.717) is 17.9 Å². The second-order valence-electron chi connectivity index (χ2n) is 8.50. The third-order valence-electron chi connectivity index (χ3n) is 6.57. The Morgan fingerprint density at radius 1 is 1.18 bits per heavy atom. The number of amidine groups is 1. The summed E-state index contributed by atoms with van der Waals surface area (Å²) in [6, 6.07) is 0.597. The van der Waals surface area contributed by atoms with Gasteiger partial charge < -0.3 is 9.84 Å². The number of nitrogens with zero attached hydrogens (tertiary/aromatic N) is 1. The summed E-state index contributed by atoms with van der Waals surface area (Å²) >= 11 is 0. The lowest BCUT2D eigenvalue weighted by molar-refractivity contribution is -0.150. The fourth-order valence-corrected chi connectivity index (χ4v) is 5.19. The molecule has 0 spiro atoms. The number of carbonyl (C=O) groups excluding carboxylic acids is 1. The highest BCUT2D eigenvalue weighted by atomic mass is 16.6. The maximum atomic E-state index is 12.2. The average Bonchev–Trinajstić information content (AvgIpc) is 2.69. The van der Waals surface area contributed by atoms with Gasteiger partial charge in [-0.25, -0.2) is 4.99 Å². The van der Waals surface area contributed by atoms with Crippen LogP contribution in [-0.2, 0) is 9.53 Å². The Morgan fingerprint density at radius 3 is 2.18 bits per heavy atom. The van der Waals surface area contributed by atoms with Gasteiger partial charge in [-0.3, -0.25) is 10.1 Å². The largest absolute Gasteiger partial charge is 0.445 e. The summed E-state index contributed by atoms with van der Waals surface area (Å²) in [4.78, 5) is 17.0. The van der Waals surface area contributed by atoms with E-state index in [0.717, 1.165) is 11.8 Å². The van der Waals surface area contributed by atoms with Crippen LogP contribution in [0.3, 0.4) is 0 Å². The van der Waals surface area contributed by atoms with Crippen molar-refractivity contribution < 1.29 is 14.6 Å². The van der Waals surface area contributed by atoms with E-state index in [2.05, 4.69) is 5.32 Å². The molecule has 4 bridgehead atoms. The second kappa shape index (κ2) is 4.47. The molecule has 4 aliphatic carbocycles. The van der Waals surface area contributed by atoms with Crippen molar-refractivity contribution in [2.45, 2.75) is 70.1 Å². The monoisotopic (exact) mass is 306 g/mol. The zero-order valence-electron chi connectivity index (χ0n) is 13.6. The summed E-state index contributed by atoms with van der Waals surface area (Å²) in [5.74, 6) is 2.80. The maximum absolute atomic E-state index is 12.2. The molecule has 0 aromatic rings. The Bertz CT molecular complexity index is 509. The third-order valence-corrected chi connectivity index (χ3v) is 6.57. The fraction of sp³-hybridized carbons (Fsp3) is 0.882. The first-order valence-corrected chi connectivity index (χ1v) is 8.57. The van der Waals surface area contributed by atoms with Gasteiger partial charge in [0.25, 0.3) is 11.9 Å². The normalized spacial score (nSPS) is 48.6. The predicted octanol–water partition coefficient (Wildman–Crippen LogP) is 1.84.